The molecule has 6 nitrogen and oxygen atoms in total. The van der Waals surface area contributed by atoms with E-state index in [1.807, 2.05) is 48.5 Å². The first-order chi connectivity index (χ1) is 12.2. The molecular formula is C19H18N2O4. The van der Waals surface area contributed by atoms with Gasteiger partial charge in [-0.05, 0) is 29.8 Å². The van der Waals surface area contributed by atoms with Crippen LogP contribution in [0.5, 0.6) is 11.5 Å². The lowest BCUT2D eigenvalue weighted by atomic mass is 10.1. The first-order valence-electron chi connectivity index (χ1n) is 7.72. The van der Waals surface area contributed by atoms with Crippen LogP contribution >= 0.6 is 0 Å². The van der Waals surface area contributed by atoms with Crippen molar-refractivity contribution in [2.24, 2.45) is 0 Å². The summed E-state index contributed by atoms with van der Waals surface area (Å²) < 4.78 is 15.6. The first-order valence-corrected chi connectivity index (χ1v) is 7.72. The summed E-state index contributed by atoms with van der Waals surface area (Å²) in [7, 11) is 3.21. The van der Waals surface area contributed by atoms with Crippen molar-refractivity contribution in [3.05, 3.63) is 65.9 Å². The minimum Gasteiger partial charge on any atom is -0.497 e. The fourth-order valence-electron chi connectivity index (χ4n) is 2.31. The third-order valence-corrected chi connectivity index (χ3v) is 3.71. The van der Waals surface area contributed by atoms with E-state index in [4.69, 9.17) is 14.0 Å². The Labute approximate surface area is 145 Å². The summed E-state index contributed by atoms with van der Waals surface area (Å²) in [5, 5.41) is 6.65. The monoisotopic (exact) mass is 338 g/mol. The number of benzene rings is 2. The number of carbonyl (C=O) groups excluding carboxylic acids is 1. The summed E-state index contributed by atoms with van der Waals surface area (Å²) in [5.41, 5.74) is 1.98. The fourth-order valence-corrected chi connectivity index (χ4v) is 2.31. The molecule has 0 bridgehead atoms. The zero-order valence-corrected chi connectivity index (χ0v) is 14.0. The predicted octanol–water partition coefficient (Wildman–Crippen LogP) is 3.29. The molecule has 0 atom stereocenters. The molecular weight excluding hydrogens is 320 g/mol. The van der Waals surface area contributed by atoms with E-state index < -0.39 is 0 Å². The van der Waals surface area contributed by atoms with E-state index in [-0.39, 0.29) is 11.6 Å². The van der Waals surface area contributed by atoms with Gasteiger partial charge in [-0.2, -0.15) is 0 Å². The maximum absolute atomic E-state index is 12.2. The molecule has 128 valence electrons. The highest BCUT2D eigenvalue weighted by Crippen LogP contribution is 2.24. The molecule has 6 heteroatoms. The Kier molecular flexibility index (Phi) is 4.99. The SMILES string of the molecule is COc1ccc(CNC(=O)c2cc(-c3cccc(OC)c3)on2)cc1. The van der Waals surface area contributed by atoms with E-state index in [1.54, 1.807) is 20.3 Å². The highest BCUT2D eigenvalue weighted by molar-refractivity contribution is 5.93. The number of hydrogen-bond acceptors (Lipinski definition) is 5. The van der Waals surface area contributed by atoms with Gasteiger partial charge in [0, 0.05) is 18.2 Å². The van der Waals surface area contributed by atoms with Gasteiger partial charge in [-0.15, -0.1) is 0 Å². The molecule has 0 aliphatic heterocycles. The number of aromatic nitrogens is 1. The van der Waals surface area contributed by atoms with Crippen LogP contribution in [0.15, 0.2) is 59.1 Å². The third kappa shape index (κ3) is 3.98. The van der Waals surface area contributed by atoms with Gasteiger partial charge in [0.05, 0.1) is 14.2 Å². The number of rotatable bonds is 6. The van der Waals surface area contributed by atoms with Crippen LogP contribution in [0.25, 0.3) is 11.3 Å². The second kappa shape index (κ2) is 7.53. The molecule has 1 N–H and O–H groups in total. The van der Waals surface area contributed by atoms with Gasteiger partial charge in [-0.3, -0.25) is 4.79 Å². The quantitative estimate of drug-likeness (QED) is 0.746. The molecule has 0 aliphatic carbocycles. The number of nitrogens with zero attached hydrogens (tertiary/aromatic N) is 1. The lowest BCUT2D eigenvalue weighted by Gasteiger charge is -2.04. The Morgan fingerprint density at radius 3 is 2.52 bits per heavy atom. The molecule has 2 aromatic carbocycles. The molecule has 0 saturated carbocycles. The maximum Gasteiger partial charge on any atom is 0.273 e. The molecule has 0 spiro atoms. The molecule has 0 saturated heterocycles. The molecule has 1 heterocycles. The highest BCUT2D eigenvalue weighted by Gasteiger charge is 2.14. The van der Waals surface area contributed by atoms with Crippen LogP contribution in [0.2, 0.25) is 0 Å². The first kappa shape index (κ1) is 16.6. The van der Waals surface area contributed by atoms with E-state index >= 15 is 0 Å². The smallest absolute Gasteiger partial charge is 0.273 e. The number of carbonyl (C=O) groups is 1. The zero-order chi connectivity index (χ0) is 17.6. The lowest BCUT2D eigenvalue weighted by molar-refractivity contribution is 0.0942. The summed E-state index contributed by atoms with van der Waals surface area (Å²) in [4.78, 5) is 12.2. The number of amides is 1. The lowest BCUT2D eigenvalue weighted by Crippen LogP contribution is -2.22. The topological polar surface area (TPSA) is 73.6 Å². The van der Waals surface area contributed by atoms with E-state index in [0.29, 0.717) is 18.1 Å². The predicted molar refractivity (Wildman–Crippen MR) is 92.7 cm³/mol. The van der Waals surface area contributed by atoms with Gasteiger partial charge >= 0.3 is 0 Å². The molecule has 1 amide bonds. The van der Waals surface area contributed by atoms with Crippen molar-refractivity contribution >= 4 is 5.91 Å². The van der Waals surface area contributed by atoms with Crippen molar-refractivity contribution in [2.75, 3.05) is 14.2 Å². The van der Waals surface area contributed by atoms with E-state index in [2.05, 4.69) is 10.5 Å². The Morgan fingerprint density at radius 2 is 1.80 bits per heavy atom. The van der Waals surface area contributed by atoms with Crippen molar-refractivity contribution in [1.29, 1.82) is 0 Å². The zero-order valence-electron chi connectivity index (χ0n) is 14.0. The second-order valence-electron chi connectivity index (χ2n) is 5.34. The minimum atomic E-state index is -0.297. The summed E-state index contributed by atoms with van der Waals surface area (Å²) in [6.45, 7) is 0.393. The third-order valence-electron chi connectivity index (χ3n) is 3.71. The molecule has 0 aliphatic rings. The van der Waals surface area contributed by atoms with Crippen molar-refractivity contribution < 1.29 is 18.8 Å². The van der Waals surface area contributed by atoms with Gasteiger partial charge in [-0.25, -0.2) is 0 Å². The number of hydrogen-bond donors (Lipinski definition) is 1. The Hall–Kier alpha value is -3.28. The number of nitrogens with one attached hydrogen (secondary N) is 1. The van der Waals surface area contributed by atoms with Crippen LogP contribution in [0, 0.1) is 0 Å². The van der Waals surface area contributed by atoms with Gasteiger partial charge < -0.3 is 19.3 Å². The van der Waals surface area contributed by atoms with Crippen LogP contribution in [-0.2, 0) is 6.54 Å². The Balaban J connectivity index is 1.65. The molecule has 0 radical (unpaired) electrons. The summed E-state index contributed by atoms with van der Waals surface area (Å²) in [6.07, 6.45) is 0. The second-order valence-corrected chi connectivity index (χ2v) is 5.34. The van der Waals surface area contributed by atoms with Crippen molar-refractivity contribution in [2.45, 2.75) is 6.54 Å². The van der Waals surface area contributed by atoms with Gasteiger partial charge in [0.1, 0.15) is 11.5 Å². The minimum absolute atomic E-state index is 0.228. The van der Waals surface area contributed by atoms with Crippen molar-refractivity contribution in [3.63, 3.8) is 0 Å². The summed E-state index contributed by atoms with van der Waals surface area (Å²) in [6, 6.07) is 16.5. The fraction of sp³-hybridized carbons (Fsp3) is 0.158. The highest BCUT2D eigenvalue weighted by atomic mass is 16.5. The number of ether oxygens (including phenoxy) is 2. The van der Waals surface area contributed by atoms with Gasteiger partial charge in [0.15, 0.2) is 11.5 Å². The van der Waals surface area contributed by atoms with Crippen LogP contribution in [0.1, 0.15) is 16.1 Å². The largest absolute Gasteiger partial charge is 0.497 e. The molecule has 3 aromatic rings. The summed E-state index contributed by atoms with van der Waals surface area (Å²) in [5.74, 6) is 1.69. The summed E-state index contributed by atoms with van der Waals surface area (Å²) >= 11 is 0. The van der Waals surface area contributed by atoms with Crippen LogP contribution in [0.4, 0.5) is 0 Å². The van der Waals surface area contributed by atoms with Crippen molar-refractivity contribution in [3.8, 4) is 22.8 Å². The van der Waals surface area contributed by atoms with Gasteiger partial charge in [0.25, 0.3) is 5.91 Å². The molecule has 0 unspecified atom stereocenters. The van der Waals surface area contributed by atoms with Gasteiger partial charge in [0.2, 0.25) is 0 Å². The van der Waals surface area contributed by atoms with E-state index in [0.717, 1.165) is 16.9 Å². The van der Waals surface area contributed by atoms with Gasteiger partial charge in [-0.1, -0.05) is 29.4 Å². The molecule has 3 rings (SSSR count). The van der Waals surface area contributed by atoms with E-state index in [1.165, 1.54) is 0 Å². The standard InChI is InChI=1S/C19H18N2O4/c1-23-15-8-6-13(7-9-15)12-20-19(22)17-11-18(25-21-17)14-4-3-5-16(10-14)24-2/h3-11H,12H2,1-2H3,(H,20,22). The average Bonchev–Trinajstić information content (AvgIpc) is 3.17. The number of methoxy groups -OCH3 is 2. The Morgan fingerprint density at radius 1 is 1.04 bits per heavy atom. The van der Waals surface area contributed by atoms with Crippen LogP contribution < -0.4 is 14.8 Å². The van der Waals surface area contributed by atoms with E-state index in [9.17, 15) is 4.79 Å². The molecule has 0 fully saturated rings. The molecule has 1 aromatic heterocycles. The maximum atomic E-state index is 12.2. The molecule has 25 heavy (non-hydrogen) atoms. The normalized spacial score (nSPS) is 10.3. The van der Waals surface area contributed by atoms with Crippen LogP contribution in [-0.4, -0.2) is 25.3 Å². The Bertz CT molecular complexity index is 856. The average molecular weight is 338 g/mol. The van der Waals surface area contributed by atoms with Crippen molar-refractivity contribution in [1.82, 2.24) is 10.5 Å². The van der Waals surface area contributed by atoms with Crippen LogP contribution in [0.3, 0.4) is 0 Å².